The summed E-state index contributed by atoms with van der Waals surface area (Å²) in [5, 5.41) is 0. The van der Waals surface area contributed by atoms with Crippen LogP contribution in [-0.2, 0) is 17.5 Å². The largest absolute Gasteiger partial charge is 0.416 e. The van der Waals surface area contributed by atoms with Crippen molar-refractivity contribution in [3.8, 4) is 11.3 Å². The number of carbonyl (C=O) groups excluding carboxylic acids is 1. The van der Waals surface area contributed by atoms with E-state index >= 15 is 0 Å². The Labute approximate surface area is 147 Å². The van der Waals surface area contributed by atoms with Crippen molar-refractivity contribution in [3.05, 3.63) is 66.8 Å². The van der Waals surface area contributed by atoms with E-state index in [0.717, 1.165) is 12.1 Å². The molecule has 3 aromatic rings. The Hall–Kier alpha value is -3.16. The number of fused-ring (bicyclic) bond motifs is 1. The average molecular weight is 360 g/mol. The predicted octanol–water partition coefficient (Wildman–Crippen LogP) is 3.56. The fourth-order valence-electron chi connectivity index (χ4n) is 2.55. The van der Waals surface area contributed by atoms with Gasteiger partial charge in [0.15, 0.2) is 5.65 Å². The van der Waals surface area contributed by atoms with Gasteiger partial charge in [-0.25, -0.2) is 9.97 Å². The molecular weight excluding hydrogens is 345 g/mol. The summed E-state index contributed by atoms with van der Waals surface area (Å²) in [7, 11) is 1.61. The van der Waals surface area contributed by atoms with Crippen LogP contribution in [0.3, 0.4) is 0 Å². The summed E-state index contributed by atoms with van der Waals surface area (Å²) in [6.07, 6.45) is 1.82. The van der Waals surface area contributed by atoms with E-state index in [1.54, 1.807) is 30.0 Å². The van der Waals surface area contributed by atoms with E-state index in [1.165, 1.54) is 23.1 Å². The highest BCUT2D eigenvalue weighted by molar-refractivity contribution is 5.86. The van der Waals surface area contributed by atoms with Gasteiger partial charge in [-0.05, 0) is 18.2 Å². The normalized spacial score (nSPS) is 11.5. The fraction of sp³-hybridized carbons (Fsp3) is 0.167. The molecule has 0 fully saturated rings. The molecule has 0 bridgehead atoms. The first kappa shape index (κ1) is 17.7. The van der Waals surface area contributed by atoms with E-state index in [0.29, 0.717) is 22.6 Å². The van der Waals surface area contributed by atoms with Gasteiger partial charge in [0, 0.05) is 31.2 Å². The van der Waals surface area contributed by atoms with E-state index in [-0.39, 0.29) is 12.5 Å². The maximum atomic E-state index is 12.8. The Kier molecular flexibility index (Phi) is 4.50. The van der Waals surface area contributed by atoms with Crippen LogP contribution >= 0.6 is 0 Å². The number of halogens is 3. The number of amides is 1. The van der Waals surface area contributed by atoms with E-state index in [9.17, 15) is 18.0 Å². The molecule has 1 amide bonds. The van der Waals surface area contributed by atoms with Crippen molar-refractivity contribution < 1.29 is 18.0 Å². The molecule has 0 aliphatic carbocycles. The van der Waals surface area contributed by atoms with Crippen molar-refractivity contribution in [2.24, 2.45) is 0 Å². The molecule has 2 aromatic heterocycles. The molecule has 3 rings (SSSR count). The van der Waals surface area contributed by atoms with Gasteiger partial charge in [0.05, 0.1) is 17.8 Å². The lowest BCUT2D eigenvalue weighted by Gasteiger charge is -2.15. The summed E-state index contributed by atoms with van der Waals surface area (Å²) in [6, 6.07) is 4.75. The Morgan fingerprint density at radius 2 is 2.00 bits per heavy atom. The van der Waals surface area contributed by atoms with Crippen LogP contribution in [0.4, 0.5) is 13.2 Å². The van der Waals surface area contributed by atoms with Gasteiger partial charge in [-0.2, -0.15) is 13.2 Å². The average Bonchev–Trinajstić information content (AvgIpc) is 3.08. The van der Waals surface area contributed by atoms with E-state index in [1.807, 2.05) is 0 Å². The second-order valence-electron chi connectivity index (χ2n) is 5.71. The minimum absolute atomic E-state index is 0.229. The van der Waals surface area contributed by atoms with E-state index < -0.39 is 11.7 Å². The Morgan fingerprint density at radius 3 is 2.62 bits per heavy atom. The van der Waals surface area contributed by atoms with Gasteiger partial charge in [0.2, 0.25) is 5.91 Å². The molecule has 8 heteroatoms. The number of alkyl halides is 3. The molecule has 0 saturated heterocycles. The third-order valence-corrected chi connectivity index (χ3v) is 3.86. The first-order valence-corrected chi connectivity index (χ1v) is 7.67. The molecule has 0 spiro atoms. The second-order valence-corrected chi connectivity index (χ2v) is 5.71. The highest BCUT2D eigenvalue weighted by Crippen LogP contribution is 2.31. The van der Waals surface area contributed by atoms with Crippen LogP contribution in [0.5, 0.6) is 0 Å². The number of nitrogens with zero attached hydrogens (tertiary/aromatic N) is 4. The molecule has 0 atom stereocenters. The van der Waals surface area contributed by atoms with Crippen molar-refractivity contribution in [1.82, 2.24) is 19.3 Å². The predicted molar refractivity (Wildman–Crippen MR) is 90.1 cm³/mol. The molecule has 2 heterocycles. The first-order valence-electron chi connectivity index (χ1n) is 7.67. The second kappa shape index (κ2) is 6.62. The number of hydrogen-bond donors (Lipinski definition) is 0. The third-order valence-electron chi connectivity index (χ3n) is 3.86. The topological polar surface area (TPSA) is 50.5 Å². The van der Waals surface area contributed by atoms with Gasteiger partial charge in [-0.3, -0.25) is 4.79 Å². The van der Waals surface area contributed by atoms with Crippen molar-refractivity contribution >= 4 is 11.6 Å². The molecule has 5 nitrogen and oxygen atoms in total. The minimum atomic E-state index is -4.40. The molecule has 0 radical (unpaired) electrons. The zero-order chi connectivity index (χ0) is 18.9. The van der Waals surface area contributed by atoms with Crippen LogP contribution in [0.1, 0.15) is 11.3 Å². The molecule has 1 aromatic carbocycles. The van der Waals surface area contributed by atoms with Crippen LogP contribution in [0.2, 0.25) is 0 Å². The lowest BCUT2D eigenvalue weighted by Crippen LogP contribution is -2.24. The summed E-state index contributed by atoms with van der Waals surface area (Å²) in [5.74, 6) is -0.256. The number of benzene rings is 1. The summed E-state index contributed by atoms with van der Waals surface area (Å²) < 4.78 is 40.0. The smallest absolute Gasteiger partial charge is 0.336 e. The van der Waals surface area contributed by atoms with Crippen LogP contribution in [0.25, 0.3) is 16.9 Å². The van der Waals surface area contributed by atoms with Crippen molar-refractivity contribution in [3.63, 3.8) is 0 Å². The molecule has 26 heavy (non-hydrogen) atoms. The van der Waals surface area contributed by atoms with Crippen molar-refractivity contribution in [2.45, 2.75) is 12.7 Å². The lowest BCUT2D eigenvalue weighted by molar-refractivity contribution is -0.137. The van der Waals surface area contributed by atoms with Crippen LogP contribution in [0.15, 0.2) is 55.5 Å². The van der Waals surface area contributed by atoms with Gasteiger partial charge < -0.3 is 9.30 Å². The number of aromatic nitrogens is 3. The SMILES string of the molecule is C=CC(=O)N(C)Cc1cn2ccnc2c(-c2ccc(C(F)(F)F)cc2)n1. The van der Waals surface area contributed by atoms with E-state index in [4.69, 9.17) is 0 Å². The quantitative estimate of drug-likeness (QED) is 0.669. The summed E-state index contributed by atoms with van der Waals surface area (Å²) in [6.45, 7) is 3.67. The Balaban J connectivity index is 2.03. The molecule has 0 N–H and O–H groups in total. The standard InChI is InChI=1S/C18H15F3N4O/c1-3-15(26)24(2)10-14-11-25-9-8-22-17(25)16(23-14)12-4-6-13(7-5-12)18(19,20)21/h3-9,11H,1,10H2,2H3. The van der Waals surface area contributed by atoms with Crippen molar-refractivity contribution in [1.29, 1.82) is 0 Å². The summed E-state index contributed by atoms with van der Waals surface area (Å²) >= 11 is 0. The molecular formula is C18H15F3N4O. The summed E-state index contributed by atoms with van der Waals surface area (Å²) in [5.41, 5.74) is 1.32. The number of rotatable bonds is 4. The number of likely N-dealkylation sites (N-methyl/N-ethyl adjacent to an activating group) is 1. The number of carbonyl (C=O) groups is 1. The maximum absolute atomic E-state index is 12.8. The van der Waals surface area contributed by atoms with E-state index in [2.05, 4.69) is 16.5 Å². The van der Waals surface area contributed by atoms with Gasteiger partial charge in [0.25, 0.3) is 0 Å². The Morgan fingerprint density at radius 1 is 1.31 bits per heavy atom. The highest BCUT2D eigenvalue weighted by Gasteiger charge is 2.30. The van der Waals surface area contributed by atoms with Gasteiger partial charge in [0.1, 0.15) is 5.69 Å². The molecule has 0 aliphatic heterocycles. The highest BCUT2D eigenvalue weighted by atomic mass is 19.4. The van der Waals surface area contributed by atoms with Crippen LogP contribution < -0.4 is 0 Å². The van der Waals surface area contributed by atoms with Gasteiger partial charge in [-0.15, -0.1) is 0 Å². The summed E-state index contributed by atoms with van der Waals surface area (Å²) in [4.78, 5) is 21.8. The van der Waals surface area contributed by atoms with Crippen LogP contribution in [0, 0.1) is 0 Å². The van der Waals surface area contributed by atoms with Crippen molar-refractivity contribution in [2.75, 3.05) is 7.05 Å². The zero-order valence-corrected chi connectivity index (χ0v) is 13.9. The minimum Gasteiger partial charge on any atom is -0.336 e. The van der Waals surface area contributed by atoms with Crippen LogP contribution in [-0.4, -0.2) is 32.2 Å². The maximum Gasteiger partial charge on any atom is 0.416 e. The third kappa shape index (κ3) is 3.44. The number of hydrogen-bond acceptors (Lipinski definition) is 3. The fourth-order valence-corrected chi connectivity index (χ4v) is 2.55. The molecule has 0 saturated carbocycles. The van der Waals surface area contributed by atoms with Gasteiger partial charge in [-0.1, -0.05) is 18.7 Å². The molecule has 134 valence electrons. The zero-order valence-electron chi connectivity index (χ0n) is 13.9. The monoisotopic (exact) mass is 360 g/mol. The molecule has 0 unspecified atom stereocenters. The van der Waals surface area contributed by atoms with Gasteiger partial charge >= 0.3 is 6.18 Å². The molecule has 0 aliphatic rings. The number of imidazole rings is 1. The Bertz CT molecular complexity index is 961. The first-order chi connectivity index (χ1) is 12.3. The lowest BCUT2D eigenvalue weighted by atomic mass is 10.1.